The van der Waals surface area contributed by atoms with Crippen LogP contribution in [0, 0.1) is 24.2 Å². The maximum absolute atomic E-state index is 9.24. The Labute approximate surface area is 101 Å². The van der Waals surface area contributed by atoms with Gasteiger partial charge >= 0.3 is 0 Å². The van der Waals surface area contributed by atoms with Gasteiger partial charge in [0, 0.05) is 19.3 Å². The van der Waals surface area contributed by atoms with Gasteiger partial charge in [-0.2, -0.15) is 5.26 Å². The molecule has 0 amide bonds. The number of rotatable bonds is 3. The van der Waals surface area contributed by atoms with Crippen LogP contribution in [0.1, 0.15) is 24.2 Å². The minimum atomic E-state index is -0.138. The molecule has 1 fully saturated rings. The van der Waals surface area contributed by atoms with Crippen LogP contribution in [0.2, 0.25) is 0 Å². The van der Waals surface area contributed by atoms with E-state index in [0.717, 1.165) is 25.1 Å². The van der Waals surface area contributed by atoms with Gasteiger partial charge in [-0.05, 0) is 31.7 Å². The molecule has 1 aliphatic rings. The summed E-state index contributed by atoms with van der Waals surface area (Å²) in [6.45, 7) is 2.68. The van der Waals surface area contributed by atoms with Crippen molar-refractivity contribution in [1.29, 1.82) is 5.26 Å². The van der Waals surface area contributed by atoms with Crippen LogP contribution in [0.3, 0.4) is 0 Å². The van der Waals surface area contributed by atoms with Gasteiger partial charge in [-0.25, -0.2) is 9.97 Å². The topological polar surface area (TPSA) is 73.0 Å². The lowest BCUT2D eigenvalue weighted by Crippen LogP contribution is -2.37. The Hall–Kier alpha value is -1.67. The molecule has 0 atom stereocenters. The van der Waals surface area contributed by atoms with E-state index in [4.69, 9.17) is 5.26 Å². The third-order valence-corrected chi connectivity index (χ3v) is 3.04. The van der Waals surface area contributed by atoms with Crippen molar-refractivity contribution in [3.8, 4) is 6.07 Å². The molecule has 1 aromatic heterocycles. The molecular weight excluding hydrogens is 216 g/mol. The third-order valence-electron chi connectivity index (χ3n) is 3.04. The molecule has 0 aliphatic heterocycles. The summed E-state index contributed by atoms with van der Waals surface area (Å²) >= 11 is 0. The number of anilines is 1. The highest BCUT2D eigenvalue weighted by Crippen LogP contribution is 2.28. The molecule has 17 heavy (non-hydrogen) atoms. The first-order valence-electron chi connectivity index (χ1n) is 5.73. The van der Waals surface area contributed by atoms with E-state index in [0.29, 0.717) is 17.6 Å². The van der Waals surface area contributed by atoms with Crippen molar-refractivity contribution in [3.63, 3.8) is 0 Å². The van der Waals surface area contributed by atoms with Gasteiger partial charge < -0.3 is 10.0 Å². The van der Waals surface area contributed by atoms with Gasteiger partial charge in [0.2, 0.25) is 5.95 Å². The zero-order chi connectivity index (χ0) is 12.4. The van der Waals surface area contributed by atoms with Crippen LogP contribution < -0.4 is 4.90 Å². The van der Waals surface area contributed by atoms with Crippen LogP contribution in [0.15, 0.2) is 6.07 Å². The predicted octanol–water partition coefficient (Wildman–Crippen LogP) is 0.864. The molecule has 1 N–H and O–H groups in total. The first kappa shape index (κ1) is 11.8. The van der Waals surface area contributed by atoms with Crippen molar-refractivity contribution in [2.45, 2.75) is 25.9 Å². The Bertz CT molecular complexity index is 448. The van der Waals surface area contributed by atoms with Crippen LogP contribution in [0.25, 0.3) is 0 Å². The maximum Gasteiger partial charge on any atom is 0.226 e. The molecule has 1 aliphatic carbocycles. The van der Waals surface area contributed by atoms with E-state index < -0.39 is 0 Å². The third kappa shape index (κ3) is 2.71. The summed E-state index contributed by atoms with van der Waals surface area (Å²) in [6, 6.07) is 3.70. The highest BCUT2D eigenvalue weighted by atomic mass is 16.3. The molecule has 5 heteroatoms. The molecule has 0 saturated heterocycles. The Morgan fingerprint density at radius 1 is 1.53 bits per heavy atom. The monoisotopic (exact) mass is 232 g/mol. The molecular formula is C12H16N4O. The summed E-state index contributed by atoms with van der Waals surface area (Å²) in [4.78, 5) is 10.4. The summed E-state index contributed by atoms with van der Waals surface area (Å²) in [5, 5.41) is 18.1. The van der Waals surface area contributed by atoms with E-state index in [1.54, 1.807) is 6.07 Å². The first-order valence-corrected chi connectivity index (χ1v) is 5.73. The molecule has 1 heterocycles. The van der Waals surface area contributed by atoms with Gasteiger partial charge in [-0.15, -0.1) is 0 Å². The smallest absolute Gasteiger partial charge is 0.226 e. The Morgan fingerprint density at radius 3 is 2.82 bits per heavy atom. The van der Waals surface area contributed by atoms with Crippen molar-refractivity contribution in [2.75, 3.05) is 18.5 Å². The largest absolute Gasteiger partial charge is 0.393 e. The van der Waals surface area contributed by atoms with Gasteiger partial charge in [-0.1, -0.05) is 0 Å². The lowest BCUT2D eigenvalue weighted by atomic mass is 9.82. The number of hydrogen-bond donors (Lipinski definition) is 1. The van der Waals surface area contributed by atoms with E-state index in [1.165, 1.54) is 0 Å². The normalized spacial score (nSPS) is 22.7. The summed E-state index contributed by atoms with van der Waals surface area (Å²) in [5.74, 6) is 1.09. The molecule has 1 saturated carbocycles. The van der Waals surface area contributed by atoms with Crippen LogP contribution >= 0.6 is 0 Å². The van der Waals surface area contributed by atoms with Crippen molar-refractivity contribution in [3.05, 3.63) is 17.5 Å². The standard InChI is InChI=1S/C12H16N4O/c1-8-3-10(6-13)15-12(14-8)16(2)7-9-4-11(17)5-9/h3,9,11,17H,4-5,7H2,1-2H3. The Balaban J connectivity index is 2.06. The SMILES string of the molecule is Cc1cc(C#N)nc(N(C)CC2CC(O)C2)n1. The number of nitrogens with zero attached hydrogens (tertiary/aromatic N) is 4. The van der Waals surface area contributed by atoms with Gasteiger partial charge in [0.15, 0.2) is 0 Å². The number of aliphatic hydroxyl groups is 1. The fraction of sp³-hybridized carbons (Fsp3) is 0.583. The molecule has 0 spiro atoms. The second-order valence-corrected chi connectivity index (χ2v) is 4.68. The molecule has 0 unspecified atom stereocenters. The second kappa shape index (κ2) is 4.68. The Kier molecular flexibility index (Phi) is 3.25. The highest BCUT2D eigenvalue weighted by molar-refractivity contribution is 5.35. The molecule has 90 valence electrons. The number of aryl methyl sites for hydroxylation is 1. The molecule has 1 aromatic rings. The number of aromatic nitrogens is 2. The number of aliphatic hydroxyl groups excluding tert-OH is 1. The minimum absolute atomic E-state index is 0.138. The van der Waals surface area contributed by atoms with E-state index in [1.807, 2.05) is 24.9 Å². The molecule has 0 bridgehead atoms. The van der Waals surface area contributed by atoms with Crippen LogP contribution in [0.5, 0.6) is 0 Å². The van der Waals surface area contributed by atoms with Crippen LogP contribution in [0.4, 0.5) is 5.95 Å². The zero-order valence-corrected chi connectivity index (χ0v) is 10.1. The van der Waals surface area contributed by atoms with Crippen molar-refractivity contribution in [2.24, 2.45) is 5.92 Å². The minimum Gasteiger partial charge on any atom is -0.393 e. The average Bonchev–Trinajstić information content (AvgIpc) is 2.26. The van der Waals surface area contributed by atoms with Crippen LogP contribution in [-0.4, -0.2) is 34.8 Å². The summed E-state index contributed by atoms with van der Waals surface area (Å²) < 4.78 is 0. The Morgan fingerprint density at radius 2 is 2.24 bits per heavy atom. The lowest BCUT2D eigenvalue weighted by molar-refractivity contribution is 0.0463. The fourth-order valence-electron chi connectivity index (χ4n) is 2.10. The summed E-state index contributed by atoms with van der Waals surface area (Å²) in [7, 11) is 1.92. The zero-order valence-electron chi connectivity index (χ0n) is 10.1. The van der Waals surface area contributed by atoms with E-state index in [2.05, 4.69) is 9.97 Å². The number of nitriles is 1. The van der Waals surface area contributed by atoms with E-state index in [-0.39, 0.29) is 6.10 Å². The van der Waals surface area contributed by atoms with E-state index in [9.17, 15) is 5.11 Å². The fourth-order valence-corrected chi connectivity index (χ4v) is 2.10. The maximum atomic E-state index is 9.24. The molecule has 0 aromatic carbocycles. The van der Waals surface area contributed by atoms with Gasteiger partial charge in [-0.3, -0.25) is 0 Å². The summed E-state index contributed by atoms with van der Waals surface area (Å²) in [6.07, 6.45) is 1.56. The summed E-state index contributed by atoms with van der Waals surface area (Å²) in [5.41, 5.74) is 1.19. The predicted molar refractivity (Wildman–Crippen MR) is 63.5 cm³/mol. The molecule has 5 nitrogen and oxygen atoms in total. The van der Waals surface area contributed by atoms with Gasteiger partial charge in [0.05, 0.1) is 6.10 Å². The second-order valence-electron chi connectivity index (χ2n) is 4.68. The number of hydrogen-bond acceptors (Lipinski definition) is 5. The first-order chi connectivity index (χ1) is 8.08. The van der Waals surface area contributed by atoms with Gasteiger partial charge in [0.25, 0.3) is 0 Å². The van der Waals surface area contributed by atoms with E-state index >= 15 is 0 Å². The lowest BCUT2D eigenvalue weighted by Gasteiger charge is -2.34. The quantitative estimate of drug-likeness (QED) is 0.836. The van der Waals surface area contributed by atoms with Crippen LogP contribution in [-0.2, 0) is 0 Å². The van der Waals surface area contributed by atoms with Crippen molar-refractivity contribution in [1.82, 2.24) is 9.97 Å². The van der Waals surface area contributed by atoms with Crippen molar-refractivity contribution >= 4 is 5.95 Å². The highest BCUT2D eigenvalue weighted by Gasteiger charge is 2.28. The van der Waals surface area contributed by atoms with Crippen molar-refractivity contribution < 1.29 is 5.11 Å². The molecule has 2 rings (SSSR count). The van der Waals surface area contributed by atoms with Gasteiger partial charge in [0.1, 0.15) is 11.8 Å². The average molecular weight is 232 g/mol. The molecule has 0 radical (unpaired) electrons.